The third-order valence-electron chi connectivity index (χ3n) is 3.77. The van der Waals surface area contributed by atoms with Gasteiger partial charge in [0.2, 0.25) is 0 Å². The minimum Gasteiger partial charge on any atom is -0.391 e. The Labute approximate surface area is 129 Å². The number of rotatable bonds is 5. The van der Waals surface area contributed by atoms with Crippen LogP contribution in [0, 0.1) is 0 Å². The molecule has 0 atom stereocenters. The summed E-state index contributed by atoms with van der Waals surface area (Å²) in [5, 5.41) is 2.96. The SMILES string of the molecule is CCC(CC)(NC(=O)c1cccc2nccnc12)C(N)=S. The second-order valence-electron chi connectivity index (χ2n) is 4.84. The Morgan fingerprint density at radius 3 is 2.57 bits per heavy atom. The fourth-order valence-corrected chi connectivity index (χ4v) is 2.64. The molecule has 21 heavy (non-hydrogen) atoms. The van der Waals surface area contributed by atoms with Gasteiger partial charge in [0.15, 0.2) is 0 Å². The van der Waals surface area contributed by atoms with Crippen LogP contribution in [0.25, 0.3) is 11.0 Å². The van der Waals surface area contributed by atoms with Crippen LogP contribution in [0.3, 0.4) is 0 Å². The minimum atomic E-state index is -0.670. The summed E-state index contributed by atoms with van der Waals surface area (Å²) in [6.45, 7) is 3.90. The maximum Gasteiger partial charge on any atom is 0.254 e. The predicted octanol–water partition coefficient (Wildman–Crippen LogP) is 2.20. The fourth-order valence-electron chi connectivity index (χ4n) is 2.30. The van der Waals surface area contributed by atoms with Crippen LogP contribution in [-0.2, 0) is 0 Å². The Hall–Kier alpha value is -2.08. The maximum absolute atomic E-state index is 12.6. The van der Waals surface area contributed by atoms with Crippen LogP contribution in [-0.4, -0.2) is 26.4 Å². The number of amides is 1. The van der Waals surface area contributed by atoms with Gasteiger partial charge in [-0.1, -0.05) is 32.1 Å². The molecule has 0 saturated heterocycles. The van der Waals surface area contributed by atoms with Crippen molar-refractivity contribution in [1.29, 1.82) is 0 Å². The second-order valence-corrected chi connectivity index (χ2v) is 5.28. The number of nitrogens with two attached hydrogens (primary N) is 1. The second kappa shape index (κ2) is 6.13. The van der Waals surface area contributed by atoms with E-state index in [4.69, 9.17) is 18.0 Å². The Morgan fingerprint density at radius 2 is 1.95 bits per heavy atom. The largest absolute Gasteiger partial charge is 0.391 e. The topological polar surface area (TPSA) is 80.9 Å². The van der Waals surface area contributed by atoms with Crippen molar-refractivity contribution in [2.24, 2.45) is 5.73 Å². The summed E-state index contributed by atoms with van der Waals surface area (Å²) < 4.78 is 0. The van der Waals surface area contributed by atoms with Crippen molar-refractivity contribution < 1.29 is 4.79 Å². The molecule has 2 aromatic rings. The number of nitrogens with zero attached hydrogens (tertiary/aromatic N) is 2. The number of carbonyl (C=O) groups excluding carboxylic acids is 1. The van der Waals surface area contributed by atoms with E-state index in [1.165, 1.54) is 0 Å². The van der Waals surface area contributed by atoms with E-state index in [0.29, 0.717) is 34.4 Å². The maximum atomic E-state index is 12.6. The molecule has 0 unspecified atom stereocenters. The molecule has 110 valence electrons. The monoisotopic (exact) mass is 302 g/mol. The molecule has 0 fully saturated rings. The first kappa shape index (κ1) is 15.3. The Balaban J connectivity index is 2.41. The zero-order valence-corrected chi connectivity index (χ0v) is 12.9. The lowest BCUT2D eigenvalue weighted by molar-refractivity contribution is 0.0921. The fraction of sp³-hybridized carbons (Fsp3) is 0.333. The zero-order valence-electron chi connectivity index (χ0n) is 12.1. The molecule has 0 saturated carbocycles. The molecule has 0 bridgehead atoms. The summed E-state index contributed by atoms with van der Waals surface area (Å²) in [6, 6.07) is 5.33. The number of thiocarbonyl (C=S) groups is 1. The smallest absolute Gasteiger partial charge is 0.254 e. The van der Waals surface area contributed by atoms with E-state index in [1.807, 2.05) is 19.9 Å². The standard InChI is InChI=1S/C15H18N4OS/c1-3-15(4-2,14(16)21)19-13(20)10-6-5-7-11-12(10)18-9-8-17-11/h5-9H,3-4H2,1-2H3,(H2,16,21)(H,19,20). The summed E-state index contributed by atoms with van der Waals surface area (Å²) in [6.07, 6.45) is 4.45. The van der Waals surface area contributed by atoms with Crippen LogP contribution in [0.4, 0.5) is 0 Å². The number of carbonyl (C=O) groups is 1. The van der Waals surface area contributed by atoms with Gasteiger partial charge in [-0.15, -0.1) is 0 Å². The van der Waals surface area contributed by atoms with Gasteiger partial charge in [-0.05, 0) is 25.0 Å². The highest BCUT2D eigenvalue weighted by atomic mass is 32.1. The van der Waals surface area contributed by atoms with Crippen LogP contribution in [0.5, 0.6) is 0 Å². The number of benzene rings is 1. The summed E-state index contributed by atoms with van der Waals surface area (Å²) in [4.78, 5) is 21.3. The molecule has 0 spiro atoms. The van der Waals surface area contributed by atoms with E-state index in [9.17, 15) is 4.79 Å². The van der Waals surface area contributed by atoms with Gasteiger partial charge in [0.1, 0.15) is 5.52 Å². The number of para-hydroxylation sites is 1. The van der Waals surface area contributed by atoms with Crippen LogP contribution in [0.15, 0.2) is 30.6 Å². The van der Waals surface area contributed by atoms with E-state index in [1.54, 1.807) is 24.5 Å². The molecule has 1 heterocycles. The van der Waals surface area contributed by atoms with E-state index in [2.05, 4.69) is 15.3 Å². The number of aromatic nitrogens is 2. The highest BCUT2D eigenvalue weighted by molar-refractivity contribution is 7.80. The van der Waals surface area contributed by atoms with Crippen molar-refractivity contribution in [3.63, 3.8) is 0 Å². The van der Waals surface area contributed by atoms with Crippen LogP contribution in [0.1, 0.15) is 37.0 Å². The number of hydrogen-bond acceptors (Lipinski definition) is 4. The summed E-state index contributed by atoms with van der Waals surface area (Å²) in [5.74, 6) is -0.238. The van der Waals surface area contributed by atoms with E-state index in [0.717, 1.165) is 0 Å². The molecule has 1 amide bonds. The molecule has 0 radical (unpaired) electrons. The van der Waals surface area contributed by atoms with E-state index >= 15 is 0 Å². The summed E-state index contributed by atoms with van der Waals surface area (Å²) in [7, 11) is 0. The molecule has 1 aromatic heterocycles. The molecule has 0 aliphatic carbocycles. The van der Waals surface area contributed by atoms with Crippen molar-refractivity contribution in [3.8, 4) is 0 Å². The first-order valence-corrected chi connectivity index (χ1v) is 7.27. The first-order valence-electron chi connectivity index (χ1n) is 6.86. The average Bonchev–Trinajstić information content (AvgIpc) is 2.51. The quantitative estimate of drug-likeness (QED) is 0.828. The molecule has 3 N–H and O–H groups in total. The Bertz CT molecular complexity index is 677. The number of hydrogen-bond donors (Lipinski definition) is 2. The molecule has 0 aliphatic rings. The highest BCUT2D eigenvalue weighted by Gasteiger charge is 2.32. The molecular formula is C15H18N4OS. The lowest BCUT2D eigenvalue weighted by Gasteiger charge is -2.31. The third-order valence-corrected chi connectivity index (χ3v) is 4.17. The molecule has 2 rings (SSSR count). The normalized spacial score (nSPS) is 11.3. The van der Waals surface area contributed by atoms with Gasteiger partial charge in [0, 0.05) is 12.4 Å². The van der Waals surface area contributed by atoms with Crippen LogP contribution >= 0.6 is 12.2 Å². The zero-order chi connectivity index (χ0) is 15.5. The van der Waals surface area contributed by atoms with Crippen LogP contribution in [0.2, 0.25) is 0 Å². The summed E-state index contributed by atoms with van der Waals surface area (Å²) >= 11 is 5.13. The van der Waals surface area contributed by atoms with Gasteiger partial charge in [0.05, 0.1) is 21.6 Å². The predicted molar refractivity (Wildman–Crippen MR) is 87.1 cm³/mol. The van der Waals surface area contributed by atoms with Gasteiger partial charge in [-0.3, -0.25) is 14.8 Å². The molecule has 1 aromatic carbocycles. The number of fused-ring (bicyclic) bond motifs is 1. The lowest BCUT2D eigenvalue weighted by Crippen LogP contribution is -2.56. The van der Waals surface area contributed by atoms with Gasteiger partial charge < -0.3 is 11.1 Å². The van der Waals surface area contributed by atoms with E-state index < -0.39 is 5.54 Å². The van der Waals surface area contributed by atoms with Gasteiger partial charge in [-0.25, -0.2) is 0 Å². The van der Waals surface area contributed by atoms with Gasteiger partial charge in [-0.2, -0.15) is 0 Å². The van der Waals surface area contributed by atoms with Crippen molar-refractivity contribution in [3.05, 3.63) is 36.2 Å². The van der Waals surface area contributed by atoms with Gasteiger partial charge >= 0.3 is 0 Å². The lowest BCUT2D eigenvalue weighted by atomic mass is 9.92. The molecule has 0 aliphatic heterocycles. The summed E-state index contributed by atoms with van der Waals surface area (Å²) in [5.41, 5.74) is 6.88. The molecular weight excluding hydrogens is 284 g/mol. The van der Waals surface area contributed by atoms with Crippen LogP contribution < -0.4 is 11.1 Å². The first-order chi connectivity index (χ1) is 10.0. The average molecular weight is 302 g/mol. The Kier molecular flexibility index (Phi) is 4.47. The van der Waals surface area contributed by atoms with Crippen molar-refractivity contribution >= 4 is 34.1 Å². The van der Waals surface area contributed by atoms with Crippen molar-refractivity contribution in [2.75, 3.05) is 0 Å². The van der Waals surface area contributed by atoms with Crippen molar-refractivity contribution in [1.82, 2.24) is 15.3 Å². The third kappa shape index (κ3) is 2.85. The molecule has 5 nitrogen and oxygen atoms in total. The van der Waals surface area contributed by atoms with Crippen molar-refractivity contribution in [2.45, 2.75) is 32.2 Å². The Morgan fingerprint density at radius 1 is 1.29 bits per heavy atom. The number of nitrogens with one attached hydrogen (secondary N) is 1. The molecule has 6 heteroatoms. The highest BCUT2D eigenvalue weighted by Crippen LogP contribution is 2.19. The van der Waals surface area contributed by atoms with E-state index in [-0.39, 0.29) is 5.91 Å². The minimum absolute atomic E-state index is 0.238. The van der Waals surface area contributed by atoms with Gasteiger partial charge in [0.25, 0.3) is 5.91 Å².